The minimum atomic E-state index is -1.03. The topological polar surface area (TPSA) is 73.2 Å². The van der Waals surface area contributed by atoms with Crippen molar-refractivity contribution >= 4 is 11.8 Å². The SMILES string of the molecule is CC(C)(C#N)C(=O)NCCC(=O)N1CCCCC1. The average Bonchev–Trinajstić information content (AvgIpc) is 2.39. The lowest BCUT2D eigenvalue weighted by atomic mass is 9.95. The number of piperidine rings is 1. The van der Waals surface area contributed by atoms with Crippen molar-refractivity contribution in [3.63, 3.8) is 0 Å². The molecule has 0 aromatic carbocycles. The van der Waals surface area contributed by atoms with Crippen LogP contribution in [-0.4, -0.2) is 36.3 Å². The predicted octanol–water partition coefficient (Wildman–Crippen LogP) is 1.05. The number of carbonyl (C=O) groups is 2. The number of nitrogens with zero attached hydrogens (tertiary/aromatic N) is 2. The number of carbonyl (C=O) groups excluding carboxylic acids is 2. The fourth-order valence-corrected chi connectivity index (χ4v) is 1.86. The molecule has 2 amide bonds. The molecule has 5 nitrogen and oxygen atoms in total. The molecule has 0 aromatic rings. The molecule has 1 saturated heterocycles. The lowest BCUT2D eigenvalue weighted by Crippen LogP contribution is -2.40. The number of amides is 2. The van der Waals surface area contributed by atoms with Gasteiger partial charge in [0.2, 0.25) is 11.8 Å². The van der Waals surface area contributed by atoms with E-state index in [-0.39, 0.29) is 11.8 Å². The molecular formula is C13H21N3O2. The Labute approximate surface area is 108 Å². The predicted molar refractivity (Wildman–Crippen MR) is 67.5 cm³/mol. The molecule has 0 atom stereocenters. The number of hydrogen-bond donors (Lipinski definition) is 1. The molecule has 0 unspecified atom stereocenters. The van der Waals surface area contributed by atoms with E-state index in [0.717, 1.165) is 25.9 Å². The third-order valence-electron chi connectivity index (χ3n) is 3.18. The van der Waals surface area contributed by atoms with Crippen molar-refractivity contribution in [1.82, 2.24) is 10.2 Å². The first-order valence-corrected chi connectivity index (χ1v) is 6.45. The molecule has 100 valence electrons. The Morgan fingerprint density at radius 2 is 1.89 bits per heavy atom. The smallest absolute Gasteiger partial charge is 0.239 e. The van der Waals surface area contributed by atoms with Gasteiger partial charge in [0.1, 0.15) is 5.41 Å². The largest absolute Gasteiger partial charge is 0.354 e. The van der Waals surface area contributed by atoms with Crippen molar-refractivity contribution in [1.29, 1.82) is 5.26 Å². The summed E-state index contributed by atoms with van der Waals surface area (Å²) >= 11 is 0. The molecular weight excluding hydrogens is 230 g/mol. The van der Waals surface area contributed by atoms with Gasteiger partial charge in [-0.05, 0) is 33.1 Å². The number of nitrogens with one attached hydrogen (secondary N) is 1. The highest BCUT2D eigenvalue weighted by atomic mass is 16.2. The van der Waals surface area contributed by atoms with Gasteiger partial charge in [0.15, 0.2) is 0 Å². The Kier molecular flexibility index (Phi) is 5.14. The van der Waals surface area contributed by atoms with Gasteiger partial charge in [0.05, 0.1) is 6.07 Å². The van der Waals surface area contributed by atoms with Crippen LogP contribution in [0.4, 0.5) is 0 Å². The van der Waals surface area contributed by atoms with Gasteiger partial charge in [-0.25, -0.2) is 0 Å². The lowest BCUT2D eigenvalue weighted by molar-refractivity contribution is -0.132. The first-order valence-electron chi connectivity index (χ1n) is 6.45. The summed E-state index contributed by atoms with van der Waals surface area (Å²) < 4.78 is 0. The van der Waals surface area contributed by atoms with Gasteiger partial charge in [-0.3, -0.25) is 9.59 Å². The van der Waals surface area contributed by atoms with E-state index in [1.165, 1.54) is 6.42 Å². The van der Waals surface area contributed by atoms with Crippen molar-refractivity contribution < 1.29 is 9.59 Å². The molecule has 0 saturated carbocycles. The zero-order valence-corrected chi connectivity index (χ0v) is 11.2. The summed E-state index contributed by atoms with van der Waals surface area (Å²) in [5, 5.41) is 11.4. The number of likely N-dealkylation sites (tertiary alicyclic amines) is 1. The minimum Gasteiger partial charge on any atom is -0.354 e. The van der Waals surface area contributed by atoms with Crippen molar-refractivity contribution in [2.45, 2.75) is 39.5 Å². The van der Waals surface area contributed by atoms with Crippen LogP contribution in [0.1, 0.15) is 39.5 Å². The van der Waals surface area contributed by atoms with Gasteiger partial charge >= 0.3 is 0 Å². The Morgan fingerprint density at radius 3 is 2.44 bits per heavy atom. The molecule has 1 N–H and O–H groups in total. The van der Waals surface area contributed by atoms with Gasteiger partial charge in [0, 0.05) is 26.1 Å². The van der Waals surface area contributed by atoms with E-state index < -0.39 is 5.41 Å². The third-order valence-corrected chi connectivity index (χ3v) is 3.18. The molecule has 1 aliphatic rings. The Balaban J connectivity index is 2.27. The van der Waals surface area contributed by atoms with Crippen LogP contribution in [0.3, 0.4) is 0 Å². The van der Waals surface area contributed by atoms with Crippen LogP contribution in [0.2, 0.25) is 0 Å². The molecule has 18 heavy (non-hydrogen) atoms. The first-order chi connectivity index (χ1) is 8.47. The van der Waals surface area contributed by atoms with E-state index in [9.17, 15) is 9.59 Å². The zero-order chi connectivity index (χ0) is 13.6. The number of nitriles is 1. The maximum Gasteiger partial charge on any atom is 0.239 e. The minimum absolute atomic E-state index is 0.0877. The van der Waals surface area contributed by atoms with Crippen LogP contribution in [0.5, 0.6) is 0 Å². The van der Waals surface area contributed by atoms with E-state index in [4.69, 9.17) is 5.26 Å². The summed E-state index contributed by atoms with van der Waals surface area (Å²) in [6, 6.07) is 1.94. The van der Waals surface area contributed by atoms with E-state index in [1.807, 2.05) is 11.0 Å². The highest BCUT2D eigenvalue weighted by Gasteiger charge is 2.27. The second-order valence-electron chi connectivity index (χ2n) is 5.18. The lowest BCUT2D eigenvalue weighted by Gasteiger charge is -2.26. The summed E-state index contributed by atoms with van der Waals surface area (Å²) in [5.41, 5.74) is -1.03. The summed E-state index contributed by atoms with van der Waals surface area (Å²) in [5.74, 6) is -0.235. The van der Waals surface area contributed by atoms with E-state index >= 15 is 0 Å². The summed E-state index contributed by atoms with van der Waals surface area (Å²) in [4.78, 5) is 25.3. The van der Waals surface area contributed by atoms with Crippen LogP contribution in [0, 0.1) is 16.7 Å². The second-order valence-corrected chi connectivity index (χ2v) is 5.18. The molecule has 0 aliphatic carbocycles. The molecule has 1 fully saturated rings. The Morgan fingerprint density at radius 1 is 1.28 bits per heavy atom. The van der Waals surface area contributed by atoms with Crippen molar-refractivity contribution in [3.05, 3.63) is 0 Å². The van der Waals surface area contributed by atoms with Crippen molar-refractivity contribution in [3.8, 4) is 6.07 Å². The van der Waals surface area contributed by atoms with Gasteiger partial charge in [-0.1, -0.05) is 0 Å². The molecule has 0 radical (unpaired) electrons. The molecule has 0 bridgehead atoms. The second kappa shape index (κ2) is 6.39. The van der Waals surface area contributed by atoms with Crippen molar-refractivity contribution in [2.24, 2.45) is 5.41 Å². The van der Waals surface area contributed by atoms with Crippen LogP contribution < -0.4 is 5.32 Å². The molecule has 0 spiro atoms. The maximum absolute atomic E-state index is 11.8. The van der Waals surface area contributed by atoms with Gasteiger partial charge < -0.3 is 10.2 Å². The number of hydrogen-bond acceptors (Lipinski definition) is 3. The van der Waals surface area contributed by atoms with Gasteiger partial charge in [0.25, 0.3) is 0 Å². The van der Waals surface area contributed by atoms with Gasteiger partial charge in [-0.15, -0.1) is 0 Å². The fourth-order valence-electron chi connectivity index (χ4n) is 1.86. The molecule has 1 heterocycles. The van der Waals surface area contributed by atoms with E-state index in [1.54, 1.807) is 13.8 Å². The average molecular weight is 251 g/mol. The van der Waals surface area contributed by atoms with E-state index in [2.05, 4.69) is 5.32 Å². The Bertz CT molecular complexity index is 352. The monoisotopic (exact) mass is 251 g/mol. The highest BCUT2D eigenvalue weighted by Crippen LogP contribution is 2.13. The normalized spacial score (nSPS) is 15.9. The van der Waals surface area contributed by atoms with Crippen molar-refractivity contribution in [2.75, 3.05) is 19.6 Å². The summed E-state index contributed by atoms with van der Waals surface area (Å²) in [7, 11) is 0. The maximum atomic E-state index is 11.8. The van der Waals surface area contributed by atoms with Crippen LogP contribution in [0.15, 0.2) is 0 Å². The fraction of sp³-hybridized carbons (Fsp3) is 0.769. The summed E-state index contributed by atoms with van der Waals surface area (Å²) in [6.07, 6.45) is 3.64. The highest BCUT2D eigenvalue weighted by molar-refractivity contribution is 5.85. The van der Waals surface area contributed by atoms with Gasteiger partial charge in [-0.2, -0.15) is 5.26 Å². The summed E-state index contributed by atoms with van der Waals surface area (Å²) in [6.45, 7) is 5.09. The van der Waals surface area contributed by atoms with Crippen LogP contribution >= 0.6 is 0 Å². The molecule has 5 heteroatoms. The molecule has 1 aliphatic heterocycles. The first kappa shape index (κ1) is 14.5. The Hall–Kier alpha value is -1.57. The van der Waals surface area contributed by atoms with Crippen LogP contribution in [0.25, 0.3) is 0 Å². The zero-order valence-electron chi connectivity index (χ0n) is 11.2. The van der Waals surface area contributed by atoms with E-state index in [0.29, 0.717) is 13.0 Å². The third kappa shape index (κ3) is 4.02. The number of rotatable bonds is 4. The van der Waals surface area contributed by atoms with Crippen LogP contribution in [-0.2, 0) is 9.59 Å². The standard InChI is InChI=1S/C13H21N3O2/c1-13(2,10-14)12(18)15-7-6-11(17)16-8-4-3-5-9-16/h3-9H2,1-2H3,(H,15,18). The molecule has 0 aromatic heterocycles. The quantitative estimate of drug-likeness (QED) is 0.811. The molecule has 1 rings (SSSR count).